The van der Waals surface area contributed by atoms with E-state index in [2.05, 4.69) is 0 Å². The molecule has 0 saturated heterocycles. The van der Waals surface area contributed by atoms with E-state index in [1.807, 2.05) is 0 Å². The first kappa shape index (κ1) is 11.3. The molecule has 1 N–H and O–H groups in total. The van der Waals surface area contributed by atoms with Gasteiger partial charge in [-0.15, -0.1) is 0 Å². The first-order chi connectivity index (χ1) is 7.58. The van der Waals surface area contributed by atoms with Gasteiger partial charge < -0.3 is 9.84 Å². The van der Waals surface area contributed by atoms with Crippen LogP contribution in [0, 0.1) is 0 Å². The molecule has 1 aliphatic rings. The van der Waals surface area contributed by atoms with Crippen LogP contribution in [0.25, 0.3) is 0 Å². The standard InChI is InChI=1S/C12H13ClO3/c1-16-10-6-8(5-9(13)7-10)12(11(14)15)3-2-4-12/h5-7H,2-4H2,1H3,(H,14,15). The number of carboxylic acids is 1. The first-order valence-electron chi connectivity index (χ1n) is 5.17. The van der Waals surface area contributed by atoms with E-state index in [0.29, 0.717) is 23.6 Å². The number of carboxylic acid groups (broad SMARTS) is 1. The van der Waals surface area contributed by atoms with Crippen molar-refractivity contribution in [3.8, 4) is 5.75 Å². The van der Waals surface area contributed by atoms with Crippen LogP contribution in [0.4, 0.5) is 0 Å². The number of hydrogen-bond acceptors (Lipinski definition) is 2. The van der Waals surface area contributed by atoms with E-state index in [1.165, 1.54) is 0 Å². The van der Waals surface area contributed by atoms with Crippen LogP contribution in [-0.4, -0.2) is 18.2 Å². The van der Waals surface area contributed by atoms with Crippen molar-refractivity contribution in [2.75, 3.05) is 7.11 Å². The SMILES string of the molecule is COc1cc(Cl)cc(C2(C(=O)O)CCC2)c1. The zero-order valence-corrected chi connectivity index (χ0v) is 9.75. The first-order valence-corrected chi connectivity index (χ1v) is 5.55. The van der Waals surface area contributed by atoms with Gasteiger partial charge in [0.15, 0.2) is 0 Å². The molecule has 2 rings (SSSR count). The van der Waals surface area contributed by atoms with Gasteiger partial charge in [-0.05, 0) is 36.6 Å². The lowest BCUT2D eigenvalue weighted by atomic mass is 9.64. The molecule has 0 aromatic heterocycles. The van der Waals surface area contributed by atoms with Gasteiger partial charge in [-0.2, -0.15) is 0 Å². The Bertz CT molecular complexity index is 424. The van der Waals surface area contributed by atoms with Crippen molar-refractivity contribution < 1.29 is 14.6 Å². The highest BCUT2D eigenvalue weighted by atomic mass is 35.5. The van der Waals surface area contributed by atoms with Crippen molar-refractivity contribution >= 4 is 17.6 Å². The number of benzene rings is 1. The predicted molar refractivity (Wildman–Crippen MR) is 61.2 cm³/mol. The monoisotopic (exact) mass is 240 g/mol. The Morgan fingerprint density at radius 3 is 2.56 bits per heavy atom. The molecular weight excluding hydrogens is 228 g/mol. The summed E-state index contributed by atoms with van der Waals surface area (Å²) in [4.78, 5) is 11.3. The molecule has 0 amide bonds. The van der Waals surface area contributed by atoms with Gasteiger partial charge in [-0.3, -0.25) is 4.79 Å². The smallest absolute Gasteiger partial charge is 0.314 e. The van der Waals surface area contributed by atoms with E-state index in [1.54, 1.807) is 25.3 Å². The molecule has 16 heavy (non-hydrogen) atoms. The van der Waals surface area contributed by atoms with Gasteiger partial charge in [0.1, 0.15) is 5.75 Å². The molecule has 1 aliphatic carbocycles. The highest BCUT2D eigenvalue weighted by molar-refractivity contribution is 6.30. The molecule has 86 valence electrons. The summed E-state index contributed by atoms with van der Waals surface area (Å²) in [6.07, 6.45) is 2.29. The third-order valence-corrected chi connectivity index (χ3v) is 3.49. The van der Waals surface area contributed by atoms with E-state index >= 15 is 0 Å². The predicted octanol–water partition coefficient (Wildman–Crippen LogP) is 2.85. The molecule has 1 aromatic rings. The summed E-state index contributed by atoms with van der Waals surface area (Å²) in [6.45, 7) is 0. The maximum absolute atomic E-state index is 11.3. The zero-order valence-electron chi connectivity index (χ0n) is 9.00. The molecule has 0 spiro atoms. The molecule has 0 atom stereocenters. The Morgan fingerprint density at radius 2 is 2.12 bits per heavy atom. The maximum Gasteiger partial charge on any atom is 0.314 e. The van der Waals surface area contributed by atoms with Crippen LogP contribution in [0.1, 0.15) is 24.8 Å². The molecule has 4 heteroatoms. The minimum atomic E-state index is -0.775. The van der Waals surface area contributed by atoms with E-state index in [9.17, 15) is 9.90 Å². The maximum atomic E-state index is 11.3. The van der Waals surface area contributed by atoms with E-state index in [4.69, 9.17) is 16.3 Å². The topological polar surface area (TPSA) is 46.5 Å². The molecule has 1 aromatic carbocycles. The molecule has 0 aliphatic heterocycles. The number of methoxy groups -OCH3 is 1. The molecule has 1 fully saturated rings. The molecule has 0 heterocycles. The average Bonchev–Trinajstić information content (AvgIpc) is 2.14. The van der Waals surface area contributed by atoms with Gasteiger partial charge in [-0.25, -0.2) is 0 Å². The number of carbonyl (C=O) groups is 1. The fraction of sp³-hybridized carbons (Fsp3) is 0.417. The number of ether oxygens (including phenoxy) is 1. The van der Waals surface area contributed by atoms with Gasteiger partial charge in [-0.1, -0.05) is 18.0 Å². The van der Waals surface area contributed by atoms with E-state index < -0.39 is 11.4 Å². The molecule has 0 unspecified atom stereocenters. The van der Waals surface area contributed by atoms with Crippen LogP contribution in [-0.2, 0) is 10.2 Å². The summed E-state index contributed by atoms with van der Waals surface area (Å²) >= 11 is 5.95. The molecule has 3 nitrogen and oxygen atoms in total. The Kier molecular flexibility index (Phi) is 2.80. The van der Waals surface area contributed by atoms with Crippen LogP contribution >= 0.6 is 11.6 Å². The molecule has 0 bridgehead atoms. The fourth-order valence-corrected chi connectivity index (χ4v) is 2.34. The zero-order chi connectivity index (χ0) is 11.8. The van der Waals surface area contributed by atoms with Crippen molar-refractivity contribution in [1.29, 1.82) is 0 Å². The Morgan fingerprint density at radius 1 is 1.44 bits per heavy atom. The summed E-state index contributed by atoms with van der Waals surface area (Å²) in [7, 11) is 1.55. The number of halogens is 1. The Labute approximate surface area is 99.0 Å². The lowest BCUT2D eigenvalue weighted by Crippen LogP contribution is -2.42. The highest BCUT2D eigenvalue weighted by Crippen LogP contribution is 2.45. The van der Waals surface area contributed by atoms with Crippen molar-refractivity contribution in [2.45, 2.75) is 24.7 Å². The van der Waals surface area contributed by atoms with Gasteiger partial charge in [0, 0.05) is 5.02 Å². The summed E-state index contributed by atoms with van der Waals surface area (Å²) in [5.41, 5.74) is -0.00588. The summed E-state index contributed by atoms with van der Waals surface area (Å²) in [5, 5.41) is 9.82. The van der Waals surface area contributed by atoms with Crippen LogP contribution in [0.2, 0.25) is 5.02 Å². The Balaban J connectivity index is 2.46. The van der Waals surface area contributed by atoms with Gasteiger partial charge in [0.25, 0.3) is 0 Å². The lowest BCUT2D eigenvalue weighted by Gasteiger charge is -2.38. The third-order valence-electron chi connectivity index (χ3n) is 3.28. The largest absolute Gasteiger partial charge is 0.497 e. The molecule has 0 radical (unpaired) electrons. The van der Waals surface area contributed by atoms with E-state index in [0.717, 1.165) is 12.0 Å². The molecular formula is C12H13ClO3. The molecule has 1 saturated carbocycles. The minimum Gasteiger partial charge on any atom is -0.497 e. The summed E-state index contributed by atoms with van der Waals surface area (Å²) < 4.78 is 5.10. The highest BCUT2D eigenvalue weighted by Gasteiger charge is 2.46. The van der Waals surface area contributed by atoms with Gasteiger partial charge in [0.05, 0.1) is 12.5 Å². The fourth-order valence-electron chi connectivity index (χ4n) is 2.11. The average molecular weight is 241 g/mol. The van der Waals surface area contributed by atoms with Crippen LogP contribution in [0.15, 0.2) is 18.2 Å². The van der Waals surface area contributed by atoms with Crippen molar-refractivity contribution in [3.05, 3.63) is 28.8 Å². The third kappa shape index (κ3) is 1.65. The summed E-state index contributed by atoms with van der Waals surface area (Å²) in [6, 6.07) is 5.16. The van der Waals surface area contributed by atoms with Crippen LogP contribution in [0.5, 0.6) is 5.75 Å². The van der Waals surface area contributed by atoms with Crippen LogP contribution < -0.4 is 4.74 Å². The van der Waals surface area contributed by atoms with Crippen LogP contribution in [0.3, 0.4) is 0 Å². The second kappa shape index (κ2) is 3.98. The number of aliphatic carboxylic acids is 1. The quantitative estimate of drug-likeness (QED) is 0.884. The minimum absolute atomic E-state index is 0.516. The van der Waals surface area contributed by atoms with Gasteiger partial charge >= 0.3 is 5.97 Å². The lowest BCUT2D eigenvalue weighted by molar-refractivity contribution is -0.147. The van der Waals surface area contributed by atoms with Crippen molar-refractivity contribution in [3.63, 3.8) is 0 Å². The van der Waals surface area contributed by atoms with Crippen molar-refractivity contribution in [2.24, 2.45) is 0 Å². The summed E-state index contributed by atoms with van der Waals surface area (Å²) in [5.74, 6) is -0.168. The second-order valence-corrected chi connectivity index (χ2v) is 4.56. The number of rotatable bonds is 3. The van der Waals surface area contributed by atoms with Gasteiger partial charge in [0.2, 0.25) is 0 Å². The van der Waals surface area contributed by atoms with Crippen molar-refractivity contribution in [1.82, 2.24) is 0 Å². The number of hydrogen-bond donors (Lipinski definition) is 1. The van der Waals surface area contributed by atoms with E-state index in [-0.39, 0.29) is 0 Å². The normalized spacial score (nSPS) is 17.6. The second-order valence-electron chi connectivity index (χ2n) is 4.12. The Hall–Kier alpha value is -1.22.